The Hall–Kier alpha value is -2.83. The lowest BCUT2D eigenvalue weighted by molar-refractivity contribution is -0.138. The highest BCUT2D eigenvalue weighted by Gasteiger charge is 2.21. The van der Waals surface area contributed by atoms with Gasteiger partial charge < -0.3 is 16.2 Å². The van der Waals surface area contributed by atoms with Crippen molar-refractivity contribution in [3.8, 4) is 0 Å². The second-order valence-corrected chi connectivity index (χ2v) is 7.10. The number of nitrogens with two attached hydrogens (primary N) is 1. The second-order valence-electron chi connectivity index (χ2n) is 7.10. The minimum absolute atomic E-state index is 0. The lowest BCUT2D eigenvalue weighted by Crippen LogP contribution is -2.22. The molecule has 1 atom stereocenters. The smallest absolute Gasteiger partial charge is 0.330 e. The molecule has 154 valence electrons. The monoisotopic (exact) mass is 414 g/mol. The van der Waals surface area contributed by atoms with E-state index in [-0.39, 0.29) is 18.2 Å². The van der Waals surface area contributed by atoms with Gasteiger partial charge in [-0.3, -0.25) is 10.3 Å². The summed E-state index contributed by atoms with van der Waals surface area (Å²) in [6, 6.07) is 11.8. The van der Waals surface area contributed by atoms with E-state index in [0.717, 1.165) is 30.8 Å². The molecule has 1 heterocycles. The number of carboxylic acids is 1. The van der Waals surface area contributed by atoms with Crippen molar-refractivity contribution in [3.05, 3.63) is 71.3 Å². The van der Waals surface area contributed by atoms with Crippen LogP contribution in [0.1, 0.15) is 41.1 Å². The normalized spacial score (nSPS) is 14.6. The molecule has 0 amide bonds. The molecule has 1 fully saturated rings. The number of anilines is 1. The molecule has 2 aromatic rings. The molecule has 6 nitrogen and oxygen atoms in total. The molecule has 0 radical (unpaired) electrons. The van der Waals surface area contributed by atoms with Crippen LogP contribution < -0.4 is 11.1 Å². The third-order valence-electron chi connectivity index (χ3n) is 4.97. The van der Waals surface area contributed by atoms with E-state index in [4.69, 9.17) is 11.1 Å². The maximum absolute atomic E-state index is 12.0. The van der Waals surface area contributed by atoms with Crippen LogP contribution in [-0.2, 0) is 11.3 Å². The SMILES string of the molecule is C=Cc1cc(CN2CCCC2)cc(C(Nc2ccc(C(=N)N)cc2)C(=O)O)c1.Cl. The Balaban J connectivity index is 0.00000300. The Bertz CT molecular complexity index is 877. The van der Waals surface area contributed by atoms with Crippen molar-refractivity contribution in [2.45, 2.75) is 25.4 Å². The van der Waals surface area contributed by atoms with Gasteiger partial charge in [0.05, 0.1) is 0 Å². The number of aliphatic carboxylic acids is 1. The van der Waals surface area contributed by atoms with Gasteiger partial charge in [0, 0.05) is 17.8 Å². The number of amidine groups is 1. The van der Waals surface area contributed by atoms with Gasteiger partial charge in [0.2, 0.25) is 0 Å². The predicted molar refractivity (Wildman–Crippen MR) is 120 cm³/mol. The summed E-state index contributed by atoms with van der Waals surface area (Å²) in [6.45, 7) is 6.82. The number of hydrogen-bond acceptors (Lipinski definition) is 4. The summed E-state index contributed by atoms with van der Waals surface area (Å²) in [4.78, 5) is 14.4. The number of nitrogens with zero attached hydrogens (tertiary/aromatic N) is 1. The first kappa shape index (κ1) is 22.5. The summed E-state index contributed by atoms with van der Waals surface area (Å²) in [5, 5.41) is 20.4. The fourth-order valence-electron chi connectivity index (χ4n) is 3.52. The molecule has 7 heteroatoms. The molecule has 29 heavy (non-hydrogen) atoms. The third-order valence-corrected chi connectivity index (χ3v) is 4.97. The standard InChI is InChI=1S/C22H26N4O2.ClH/c1-2-15-11-16(14-26-9-3-4-10-26)13-18(12-15)20(22(27)28)25-19-7-5-17(6-8-19)21(23)24;/h2,5-8,11-13,20,25H,1,3-4,9-10,14H2,(H3,23,24)(H,27,28);1H. The Morgan fingerprint density at radius 3 is 2.45 bits per heavy atom. The molecule has 1 aliphatic rings. The number of nitrogen functional groups attached to an aromatic ring is 1. The largest absolute Gasteiger partial charge is 0.479 e. The molecular formula is C22H27ClN4O2. The van der Waals surface area contributed by atoms with E-state index in [1.807, 2.05) is 12.1 Å². The molecule has 0 bridgehead atoms. The van der Waals surface area contributed by atoms with Gasteiger partial charge in [-0.25, -0.2) is 4.79 Å². The van der Waals surface area contributed by atoms with Crippen LogP contribution in [0.4, 0.5) is 5.69 Å². The first-order valence-electron chi connectivity index (χ1n) is 9.39. The summed E-state index contributed by atoms with van der Waals surface area (Å²) in [7, 11) is 0. The van der Waals surface area contributed by atoms with E-state index in [2.05, 4.69) is 22.9 Å². The predicted octanol–water partition coefficient (Wildman–Crippen LogP) is 3.87. The van der Waals surface area contributed by atoms with Gasteiger partial charge >= 0.3 is 5.97 Å². The highest BCUT2D eigenvalue weighted by atomic mass is 35.5. The number of carboxylic acid groups (broad SMARTS) is 1. The molecule has 5 N–H and O–H groups in total. The molecular weight excluding hydrogens is 388 g/mol. The summed E-state index contributed by atoms with van der Waals surface area (Å²) < 4.78 is 0. The molecule has 0 spiro atoms. The maximum atomic E-state index is 12.0. The molecule has 0 saturated carbocycles. The third kappa shape index (κ3) is 5.82. The van der Waals surface area contributed by atoms with Gasteiger partial charge in [-0.2, -0.15) is 0 Å². The summed E-state index contributed by atoms with van der Waals surface area (Å²) in [5.41, 5.74) is 9.42. The van der Waals surface area contributed by atoms with Gasteiger partial charge in [-0.15, -0.1) is 12.4 Å². The minimum atomic E-state index is -0.955. The minimum Gasteiger partial charge on any atom is -0.479 e. The van der Waals surface area contributed by atoms with Crippen molar-refractivity contribution in [1.29, 1.82) is 5.41 Å². The quantitative estimate of drug-likeness (QED) is 0.388. The first-order valence-corrected chi connectivity index (χ1v) is 9.39. The van der Waals surface area contributed by atoms with Gasteiger partial charge in [-0.05, 0) is 73.0 Å². The first-order chi connectivity index (χ1) is 13.5. The van der Waals surface area contributed by atoms with Crippen LogP contribution in [-0.4, -0.2) is 34.9 Å². The topological polar surface area (TPSA) is 102 Å². The van der Waals surface area contributed by atoms with Gasteiger partial charge in [0.25, 0.3) is 0 Å². The zero-order valence-corrected chi connectivity index (χ0v) is 17.0. The highest BCUT2D eigenvalue weighted by Crippen LogP contribution is 2.25. The van der Waals surface area contributed by atoms with Crippen LogP contribution in [0.5, 0.6) is 0 Å². The van der Waals surface area contributed by atoms with Crippen molar-refractivity contribution < 1.29 is 9.90 Å². The van der Waals surface area contributed by atoms with Crippen molar-refractivity contribution in [3.63, 3.8) is 0 Å². The van der Waals surface area contributed by atoms with Crippen LogP contribution in [0.25, 0.3) is 6.08 Å². The zero-order valence-electron chi connectivity index (χ0n) is 16.2. The molecule has 1 saturated heterocycles. The van der Waals surface area contributed by atoms with Crippen molar-refractivity contribution in [1.82, 2.24) is 4.90 Å². The number of rotatable bonds is 8. The van der Waals surface area contributed by atoms with Crippen LogP contribution in [0.3, 0.4) is 0 Å². The average molecular weight is 415 g/mol. The Morgan fingerprint density at radius 1 is 1.24 bits per heavy atom. The van der Waals surface area contributed by atoms with Gasteiger partial charge in [0.1, 0.15) is 5.84 Å². The molecule has 1 aliphatic heterocycles. The van der Waals surface area contributed by atoms with E-state index in [9.17, 15) is 9.90 Å². The second kappa shape index (κ2) is 10.1. The molecule has 3 rings (SSSR count). The van der Waals surface area contributed by atoms with Crippen LogP contribution in [0.15, 0.2) is 49.0 Å². The van der Waals surface area contributed by atoms with E-state index in [0.29, 0.717) is 16.8 Å². The van der Waals surface area contributed by atoms with Crippen LogP contribution in [0.2, 0.25) is 0 Å². The van der Waals surface area contributed by atoms with E-state index < -0.39 is 12.0 Å². The summed E-state index contributed by atoms with van der Waals surface area (Å²) in [5.74, 6) is -0.976. The summed E-state index contributed by atoms with van der Waals surface area (Å²) >= 11 is 0. The fourth-order valence-corrected chi connectivity index (χ4v) is 3.52. The Labute approximate surface area is 177 Å². The number of halogens is 1. The van der Waals surface area contributed by atoms with Crippen molar-refractivity contribution >= 4 is 36.0 Å². The Kier molecular flexibility index (Phi) is 7.82. The summed E-state index contributed by atoms with van der Waals surface area (Å²) in [6.07, 6.45) is 4.17. The number of carbonyl (C=O) groups is 1. The molecule has 0 aliphatic carbocycles. The van der Waals surface area contributed by atoms with E-state index in [1.165, 1.54) is 12.8 Å². The lowest BCUT2D eigenvalue weighted by Gasteiger charge is -2.20. The molecule has 2 aromatic carbocycles. The molecule has 1 unspecified atom stereocenters. The average Bonchev–Trinajstić information content (AvgIpc) is 3.18. The van der Waals surface area contributed by atoms with Crippen LogP contribution in [0, 0.1) is 5.41 Å². The maximum Gasteiger partial charge on any atom is 0.330 e. The van der Waals surface area contributed by atoms with Crippen molar-refractivity contribution in [2.24, 2.45) is 5.73 Å². The fraction of sp³-hybridized carbons (Fsp3) is 0.273. The van der Waals surface area contributed by atoms with Gasteiger partial charge in [0.15, 0.2) is 6.04 Å². The number of hydrogen-bond donors (Lipinski definition) is 4. The number of benzene rings is 2. The number of likely N-dealkylation sites (tertiary alicyclic amines) is 1. The van der Waals surface area contributed by atoms with E-state index >= 15 is 0 Å². The van der Waals surface area contributed by atoms with Crippen molar-refractivity contribution in [2.75, 3.05) is 18.4 Å². The zero-order chi connectivity index (χ0) is 20.1. The number of nitrogens with one attached hydrogen (secondary N) is 2. The highest BCUT2D eigenvalue weighted by molar-refractivity contribution is 5.95. The van der Waals surface area contributed by atoms with E-state index in [1.54, 1.807) is 30.3 Å². The Morgan fingerprint density at radius 2 is 1.90 bits per heavy atom. The van der Waals surface area contributed by atoms with Crippen LogP contribution >= 0.6 is 12.4 Å². The molecule has 0 aromatic heterocycles. The van der Waals surface area contributed by atoms with Gasteiger partial charge in [-0.1, -0.05) is 24.8 Å². The lowest BCUT2D eigenvalue weighted by atomic mass is 9.99.